The number of unbranched alkanes of at least 4 members (excludes halogenated alkanes) is 1. The number of esters is 1. The Morgan fingerprint density at radius 1 is 1.00 bits per heavy atom. The number of hydrogen-bond acceptors (Lipinski definition) is 6. The van der Waals surface area contributed by atoms with E-state index in [1.165, 1.54) is 5.56 Å². The third-order valence-electron chi connectivity index (χ3n) is 8.13. The van der Waals surface area contributed by atoms with Gasteiger partial charge in [-0.3, -0.25) is 14.4 Å². The van der Waals surface area contributed by atoms with Gasteiger partial charge in [0.25, 0.3) is 0 Å². The molecule has 0 spiro atoms. The van der Waals surface area contributed by atoms with Gasteiger partial charge in [0, 0.05) is 31.1 Å². The van der Waals surface area contributed by atoms with Gasteiger partial charge < -0.3 is 24.4 Å². The second kappa shape index (κ2) is 14.2. The first-order valence-electron chi connectivity index (χ1n) is 14.6. The van der Waals surface area contributed by atoms with Crippen molar-refractivity contribution in [1.29, 1.82) is 0 Å². The summed E-state index contributed by atoms with van der Waals surface area (Å²) in [5, 5.41) is 2.99. The van der Waals surface area contributed by atoms with Gasteiger partial charge in [-0.2, -0.15) is 0 Å². The number of nitrogens with one attached hydrogen (secondary N) is 1. The highest BCUT2D eigenvalue weighted by Gasteiger charge is 2.55. The number of rotatable bonds is 14. The molecule has 1 fully saturated rings. The largest absolute Gasteiger partial charge is 0.493 e. The second-order valence-electron chi connectivity index (χ2n) is 10.8. The summed E-state index contributed by atoms with van der Waals surface area (Å²) < 4.78 is 16.3. The van der Waals surface area contributed by atoms with Crippen LogP contribution in [0.5, 0.6) is 11.5 Å². The van der Waals surface area contributed by atoms with Gasteiger partial charge in [-0.1, -0.05) is 42.5 Å². The molecule has 1 aliphatic carbocycles. The average molecular weight is 563 g/mol. The Balaban J connectivity index is 1.42. The zero-order chi connectivity index (χ0) is 29.2. The number of benzene rings is 2. The molecule has 2 aliphatic rings. The van der Waals surface area contributed by atoms with E-state index in [1.807, 2.05) is 42.5 Å². The molecule has 2 atom stereocenters. The number of carbonyl (C=O) groups excluding carboxylic acids is 3. The number of methoxy groups -OCH3 is 2. The molecule has 2 amide bonds. The lowest BCUT2D eigenvalue weighted by Gasteiger charge is -2.44. The van der Waals surface area contributed by atoms with Gasteiger partial charge in [-0.15, -0.1) is 0 Å². The third-order valence-corrected chi connectivity index (χ3v) is 8.13. The van der Waals surface area contributed by atoms with Crippen LogP contribution in [0.2, 0.25) is 0 Å². The van der Waals surface area contributed by atoms with Crippen LogP contribution in [0.25, 0.3) is 0 Å². The topological polar surface area (TPSA) is 94.2 Å². The van der Waals surface area contributed by atoms with E-state index in [0.717, 1.165) is 30.5 Å². The first-order chi connectivity index (χ1) is 19.9. The van der Waals surface area contributed by atoms with Crippen LogP contribution in [0.15, 0.2) is 60.3 Å². The number of fused-ring (bicyclic) bond motifs is 1. The van der Waals surface area contributed by atoms with Crippen molar-refractivity contribution < 1.29 is 28.6 Å². The molecule has 0 aromatic heterocycles. The van der Waals surface area contributed by atoms with E-state index in [0.29, 0.717) is 50.3 Å². The summed E-state index contributed by atoms with van der Waals surface area (Å²) in [6.07, 6.45) is 6.96. The van der Waals surface area contributed by atoms with E-state index in [-0.39, 0.29) is 30.8 Å². The van der Waals surface area contributed by atoms with Gasteiger partial charge in [-0.05, 0) is 75.1 Å². The van der Waals surface area contributed by atoms with Crippen LogP contribution in [0.3, 0.4) is 0 Å². The first-order valence-corrected chi connectivity index (χ1v) is 14.6. The molecule has 41 heavy (non-hydrogen) atoms. The van der Waals surface area contributed by atoms with Crippen LogP contribution >= 0.6 is 0 Å². The Kier molecular flexibility index (Phi) is 10.4. The molecule has 1 saturated heterocycles. The van der Waals surface area contributed by atoms with Crippen molar-refractivity contribution in [3.8, 4) is 11.5 Å². The maximum absolute atomic E-state index is 13.8. The molecule has 1 aliphatic heterocycles. The molecular formula is C33H42N2O6. The molecule has 0 unspecified atom stereocenters. The highest BCUT2D eigenvalue weighted by atomic mass is 16.5. The second-order valence-corrected chi connectivity index (χ2v) is 10.8. The third kappa shape index (κ3) is 7.10. The van der Waals surface area contributed by atoms with Gasteiger partial charge in [-0.25, -0.2) is 0 Å². The van der Waals surface area contributed by atoms with E-state index in [1.54, 1.807) is 26.0 Å². The number of likely N-dealkylation sites (tertiary alicyclic amines) is 1. The fourth-order valence-corrected chi connectivity index (χ4v) is 6.05. The van der Waals surface area contributed by atoms with Crippen molar-refractivity contribution in [2.45, 2.75) is 58.3 Å². The predicted molar refractivity (Wildman–Crippen MR) is 156 cm³/mol. The molecule has 0 radical (unpaired) electrons. The smallest absolute Gasteiger partial charge is 0.318 e. The summed E-state index contributed by atoms with van der Waals surface area (Å²) in [4.78, 5) is 41.8. The summed E-state index contributed by atoms with van der Waals surface area (Å²) in [6, 6.07) is 16.0. The summed E-state index contributed by atoms with van der Waals surface area (Å²) >= 11 is 0. The van der Waals surface area contributed by atoms with Gasteiger partial charge in [0.15, 0.2) is 11.5 Å². The fraction of sp³-hybridized carbons (Fsp3) is 0.485. The summed E-state index contributed by atoms with van der Waals surface area (Å²) in [7, 11) is 3.18. The number of carbonyl (C=O) groups is 3. The molecule has 0 bridgehead atoms. The highest BCUT2D eigenvalue weighted by Crippen LogP contribution is 2.51. The molecule has 0 saturated carbocycles. The lowest BCUT2D eigenvalue weighted by Crippen LogP contribution is -2.52. The van der Waals surface area contributed by atoms with Crippen molar-refractivity contribution in [2.24, 2.45) is 11.3 Å². The van der Waals surface area contributed by atoms with Gasteiger partial charge in [0.2, 0.25) is 11.8 Å². The van der Waals surface area contributed by atoms with Crippen LogP contribution in [0.4, 0.5) is 0 Å². The van der Waals surface area contributed by atoms with Gasteiger partial charge in [0.05, 0.1) is 20.8 Å². The number of hydrogen-bond donors (Lipinski definition) is 1. The number of nitrogens with zero attached hydrogens (tertiary/aromatic N) is 1. The van der Waals surface area contributed by atoms with Crippen molar-refractivity contribution in [2.75, 3.05) is 33.9 Å². The van der Waals surface area contributed by atoms with E-state index >= 15 is 0 Å². The van der Waals surface area contributed by atoms with Crippen LogP contribution in [-0.4, -0.2) is 56.6 Å². The number of aryl methyl sites for hydroxylation is 1. The summed E-state index contributed by atoms with van der Waals surface area (Å²) in [6.45, 7) is 3.00. The Morgan fingerprint density at radius 2 is 1.78 bits per heavy atom. The quantitative estimate of drug-likeness (QED) is 0.261. The zero-order valence-corrected chi connectivity index (χ0v) is 24.4. The number of piperidine rings is 1. The van der Waals surface area contributed by atoms with E-state index in [9.17, 15) is 14.4 Å². The fourth-order valence-electron chi connectivity index (χ4n) is 6.05. The minimum Gasteiger partial charge on any atom is -0.493 e. The molecule has 1 heterocycles. The minimum atomic E-state index is -0.901. The Bertz CT molecular complexity index is 1240. The molecule has 8 nitrogen and oxygen atoms in total. The van der Waals surface area contributed by atoms with Gasteiger partial charge >= 0.3 is 5.97 Å². The lowest BCUT2D eigenvalue weighted by atomic mass is 9.71. The van der Waals surface area contributed by atoms with Gasteiger partial charge in [0.1, 0.15) is 5.41 Å². The Morgan fingerprint density at radius 3 is 2.51 bits per heavy atom. The van der Waals surface area contributed by atoms with Crippen LogP contribution in [0, 0.1) is 11.3 Å². The maximum atomic E-state index is 13.8. The number of allylic oxidation sites excluding steroid dienone is 1. The maximum Gasteiger partial charge on any atom is 0.318 e. The minimum absolute atomic E-state index is 0.0544. The standard InChI is InChI=1S/C33H42N2O6/c1-4-41-32(38)33-18-10-14-29(33)35(20-17-25-15-16-27(39-2)28(21-25)40-3)31(37)26(23-33)22-30(36)34-19-9-8-13-24-11-6-5-7-12-24/h5-7,11-12,14-16,21,26H,4,8-10,13,17-20,22-23H2,1-3H3,(H,34,36)/t26-,33-/m0/s1. The zero-order valence-electron chi connectivity index (χ0n) is 24.4. The van der Waals surface area contributed by atoms with Crippen molar-refractivity contribution in [3.05, 3.63) is 71.4 Å². The van der Waals surface area contributed by atoms with Crippen LogP contribution < -0.4 is 14.8 Å². The summed E-state index contributed by atoms with van der Waals surface area (Å²) in [5.74, 6) is 0.0821. The summed E-state index contributed by atoms with van der Waals surface area (Å²) in [5.41, 5.74) is 2.08. The molecule has 4 rings (SSSR count). The average Bonchev–Trinajstić information content (AvgIpc) is 3.42. The SMILES string of the molecule is CCOC(=O)[C@]12CCC=C1N(CCc1ccc(OC)c(OC)c1)C(=O)[C@@H](CC(=O)NCCCCc1ccccc1)C2. The van der Waals surface area contributed by atoms with Crippen molar-refractivity contribution >= 4 is 17.8 Å². The number of ether oxygens (including phenoxy) is 3. The van der Waals surface area contributed by atoms with E-state index < -0.39 is 11.3 Å². The Labute approximate surface area is 243 Å². The predicted octanol–water partition coefficient (Wildman–Crippen LogP) is 4.85. The monoisotopic (exact) mass is 562 g/mol. The lowest BCUT2D eigenvalue weighted by molar-refractivity contribution is -0.160. The molecular weight excluding hydrogens is 520 g/mol. The normalized spacial score (nSPS) is 19.8. The Hall–Kier alpha value is -3.81. The van der Waals surface area contributed by atoms with E-state index in [4.69, 9.17) is 14.2 Å². The molecule has 8 heteroatoms. The van der Waals surface area contributed by atoms with Crippen molar-refractivity contribution in [1.82, 2.24) is 10.2 Å². The first kappa shape index (κ1) is 30.2. The molecule has 2 aromatic carbocycles. The molecule has 220 valence electrons. The van der Waals surface area contributed by atoms with Crippen LogP contribution in [-0.2, 0) is 32.0 Å². The van der Waals surface area contributed by atoms with Crippen LogP contribution in [0.1, 0.15) is 56.6 Å². The highest BCUT2D eigenvalue weighted by molar-refractivity contribution is 5.92. The van der Waals surface area contributed by atoms with E-state index in [2.05, 4.69) is 17.4 Å². The number of amides is 2. The molecule has 2 aromatic rings. The van der Waals surface area contributed by atoms with Crippen molar-refractivity contribution in [3.63, 3.8) is 0 Å². The molecule has 1 N–H and O–H groups in total.